The predicted octanol–water partition coefficient (Wildman–Crippen LogP) is 1.88. The van der Waals surface area contributed by atoms with Crippen molar-refractivity contribution >= 4 is 21.6 Å². The van der Waals surface area contributed by atoms with Gasteiger partial charge < -0.3 is 4.42 Å². The maximum Gasteiger partial charge on any atom is 0.169 e. The van der Waals surface area contributed by atoms with E-state index in [9.17, 15) is 0 Å². The Kier molecular flexibility index (Phi) is 1.54. The summed E-state index contributed by atoms with van der Waals surface area (Å²) in [5.41, 5.74) is 4.44. The maximum absolute atomic E-state index is 5.24. The van der Waals surface area contributed by atoms with Crippen molar-refractivity contribution < 1.29 is 4.42 Å². The van der Waals surface area contributed by atoms with Crippen LogP contribution in [0.2, 0.25) is 0 Å². The van der Waals surface area contributed by atoms with Crippen LogP contribution in [-0.2, 0) is 0 Å². The molecule has 3 nitrogen and oxygen atoms in total. The van der Waals surface area contributed by atoms with Gasteiger partial charge in [0.05, 0.1) is 6.20 Å². The largest absolute Gasteiger partial charge is 0.448 e. The average molecular weight is 212 g/mol. The number of furan rings is 1. The lowest BCUT2D eigenvalue weighted by molar-refractivity contribution is 0.532. The van der Waals surface area contributed by atoms with E-state index in [2.05, 4.69) is 26.5 Å². The van der Waals surface area contributed by atoms with Crippen LogP contribution in [0.25, 0.3) is 0 Å². The molecule has 1 aliphatic heterocycles. The standard InChI is InChI=1S/C7H4BrN2O/c8-7-2-1-6(11-7)5-3-4-9-10-5/h1-4H. The van der Waals surface area contributed by atoms with Crippen LogP contribution in [0.4, 0.5) is 0 Å². The van der Waals surface area contributed by atoms with Crippen molar-refractivity contribution in [2.24, 2.45) is 5.10 Å². The van der Waals surface area contributed by atoms with Crippen LogP contribution in [0, 0.1) is 0 Å². The topological polar surface area (TPSA) is 39.6 Å². The molecule has 1 radical (unpaired) electrons. The van der Waals surface area contributed by atoms with E-state index < -0.39 is 0 Å². The Labute approximate surface area is 71.9 Å². The Morgan fingerprint density at radius 3 is 2.82 bits per heavy atom. The first-order valence-electron chi connectivity index (χ1n) is 3.06. The van der Waals surface area contributed by atoms with Crippen molar-refractivity contribution in [1.29, 1.82) is 0 Å². The molecule has 2 heterocycles. The molecule has 0 fully saturated rings. The van der Waals surface area contributed by atoms with Crippen LogP contribution in [0.1, 0.15) is 5.76 Å². The van der Waals surface area contributed by atoms with Gasteiger partial charge in [0.25, 0.3) is 0 Å². The van der Waals surface area contributed by atoms with Crippen LogP contribution < -0.4 is 5.43 Å². The normalized spacial score (nSPS) is 14.8. The smallest absolute Gasteiger partial charge is 0.169 e. The molecule has 4 heteroatoms. The molecule has 1 aromatic rings. The molecule has 0 N–H and O–H groups in total. The Bertz CT molecular complexity index is 327. The second kappa shape index (κ2) is 2.54. The first kappa shape index (κ1) is 6.67. The van der Waals surface area contributed by atoms with E-state index in [0.29, 0.717) is 4.67 Å². The summed E-state index contributed by atoms with van der Waals surface area (Å²) in [5, 5.41) is 3.84. The SMILES string of the molecule is Brc1ccc(C2=N[N]C=C2)o1. The van der Waals surface area contributed by atoms with E-state index in [1.54, 1.807) is 12.3 Å². The van der Waals surface area contributed by atoms with Crippen molar-refractivity contribution in [3.05, 3.63) is 34.8 Å². The Morgan fingerprint density at radius 2 is 2.27 bits per heavy atom. The van der Waals surface area contributed by atoms with Gasteiger partial charge in [0.15, 0.2) is 10.4 Å². The Morgan fingerprint density at radius 1 is 1.36 bits per heavy atom. The van der Waals surface area contributed by atoms with Crippen molar-refractivity contribution in [3.63, 3.8) is 0 Å². The minimum Gasteiger partial charge on any atom is -0.448 e. The predicted molar refractivity (Wildman–Crippen MR) is 44.2 cm³/mol. The van der Waals surface area contributed by atoms with E-state index in [1.165, 1.54) is 0 Å². The highest BCUT2D eigenvalue weighted by molar-refractivity contribution is 9.10. The number of allylic oxidation sites excluding steroid dienone is 1. The molecular formula is C7H4BrN2O. The lowest BCUT2D eigenvalue weighted by Gasteiger charge is -1.87. The van der Waals surface area contributed by atoms with Crippen molar-refractivity contribution in [2.45, 2.75) is 0 Å². The maximum atomic E-state index is 5.24. The molecule has 1 aromatic heterocycles. The summed E-state index contributed by atoms with van der Waals surface area (Å²) in [7, 11) is 0. The van der Waals surface area contributed by atoms with Gasteiger partial charge in [0.2, 0.25) is 0 Å². The van der Waals surface area contributed by atoms with Crippen molar-refractivity contribution in [2.75, 3.05) is 0 Å². The quantitative estimate of drug-likeness (QED) is 0.700. The van der Waals surface area contributed by atoms with Gasteiger partial charge in [0.1, 0.15) is 5.71 Å². The molecule has 2 rings (SSSR count). The number of hydrogen-bond donors (Lipinski definition) is 0. The second-order valence-corrected chi connectivity index (χ2v) is 2.80. The molecule has 0 saturated carbocycles. The third-order valence-electron chi connectivity index (χ3n) is 1.29. The Hall–Kier alpha value is -1.03. The van der Waals surface area contributed by atoms with Gasteiger partial charge in [-0.1, -0.05) is 0 Å². The molecular weight excluding hydrogens is 208 g/mol. The van der Waals surface area contributed by atoms with Crippen LogP contribution >= 0.6 is 15.9 Å². The summed E-state index contributed by atoms with van der Waals surface area (Å²) in [6, 6.07) is 3.66. The minimum atomic E-state index is 0.704. The first-order chi connectivity index (χ1) is 5.36. The van der Waals surface area contributed by atoms with Gasteiger partial charge in [0, 0.05) is 0 Å². The third kappa shape index (κ3) is 1.21. The van der Waals surface area contributed by atoms with Crippen molar-refractivity contribution in [1.82, 2.24) is 5.43 Å². The highest BCUT2D eigenvalue weighted by atomic mass is 79.9. The van der Waals surface area contributed by atoms with E-state index in [4.69, 9.17) is 4.42 Å². The molecule has 11 heavy (non-hydrogen) atoms. The molecule has 0 bridgehead atoms. The molecule has 0 amide bonds. The monoisotopic (exact) mass is 211 g/mol. The van der Waals surface area contributed by atoms with E-state index >= 15 is 0 Å². The highest BCUT2D eigenvalue weighted by Gasteiger charge is 2.08. The zero-order chi connectivity index (χ0) is 7.68. The molecule has 0 atom stereocenters. The lowest BCUT2D eigenvalue weighted by atomic mass is 10.3. The second-order valence-electron chi connectivity index (χ2n) is 2.02. The van der Waals surface area contributed by atoms with Gasteiger partial charge in [-0.3, -0.25) is 0 Å². The van der Waals surface area contributed by atoms with Gasteiger partial charge in [-0.15, -0.1) is 5.10 Å². The lowest BCUT2D eigenvalue weighted by Crippen LogP contribution is -1.90. The van der Waals surface area contributed by atoms with Crippen LogP contribution in [0.5, 0.6) is 0 Å². The summed E-state index contributed by atoms with van der Waals surface area (Å²) in [6.07, 6.45) is 3.43. The third-order valence-corrected chi connectivity index (χ3v) is 1.72. The van der Waals surface area contributed by atoms with Gasteiger partial charge in [-0.05, 0) is 34.1 Å². The first-order valence-corrected chi connectivity index (χ1v) is 3.85. The summed E-state index contributed by atoms with van der Waals surface area (Å²) in [4.78, 5) is 0. The van der Waals surface area contributed by atoms with Gasteiger partial charge >= 0.3 is 0 Å². The molecule has 0 aliphatic carbocycles. The number of halogens is 1. The minimum absolute atomic E-state index is 0.704. The zero-order valence-electron chi connectivity index (χ0n) is 5.49. The number of nitrogens with zero attached hydrogens (tertiary/aromatic N) is 2. The van der Waals surface area contributed by atoms with Crippen molar-refractivity contribution in [3.8, 4) is 0 Å². The summed E-state index contributed by atoms with van der Waals surface area (Å²) >= 11 is 3.20. The molecule has 0 aromatic carbocycles. The molecule has 0 saturated heterocycles. The van der Waals surface area contributed by atoms with E-state index in [-0.39, 0.29) is 0 Å². The van der Waals surface area contributed by atoms with Gasteiger partial charge in [-0.2, -0.15) is 5.43 Å². The summed E-state index contributed by atoms with van der Waals surface area (Å²) < 4.78 is 5.95. The summed E-state index contributed by atoms with van der Waals surface area (Å²) in [6.45, 7) is 0. The summed E-state index contributed by atoms with van der Waals surface area (Å²) in [5.74, 6) is 0.731. The zero-order valence-corrected chi connectivity index (χ0v) is 7.08. The number of rotatable bonds is 1. The number of hydrogen-bond acceptors (Lipinski definition) is 2. The average Bonchev–Trinajstić information content (AvgIpc) is 2.55. The highest BCUT2D eigenvalue weighted by Crippen LogP contribution is 2.16. The van der Waals surface area contributed by atoms with E-state index in [0.717, 1.165) is 11.5 Å². The van der Waals surface area contributed by atoms with Crippen LogP contribution in [0.3, 0.4) is 0 Å². The van der Waals surface area contributed by atoms with Crippen LogP contribution in [-0.4, -0.2) is 5.71 Å². The Balaban J connectivity index is 2.36. The van der Waals surface area contributed by atoms with Gasteiger partial charge in [-0.25, -0.2) is 0 Å². The van der Waals surface area contributed by atoms with E-state index in [1.807, 2.05) is 12.1 Å². The molecule has 1 aliphatic rings. The fourth-order valence-corrected chi connectivity index (χ4v) is 1.12. The van der Waals surface area contributed by atoms with Crippen LogP contribution in [0.15, 0.2) is 38.6 Å². The fraction of sp³-hybridized carbons (Fsp3) is 0. The molecule has 55 valence electrons. The fourth-order valence-electron chi connectivity index (χ4n) is 0.816. The molecule has 0 spiro atoms. The molecule has 0 unspecified atom stereocenters.